The van der Waals surface area contributed by atoms with Crippen LogP contribution in [0.25, 0.3) is 10.9 Å². The lowest BCUT2D eigenvalue weighted by Crippen LogP contribution is -3.00. The molecule has 98 valence electrons. The van der Waals surface area contributed by atoms with Gasteiger partial charge in [-0.25, -0.2) is 4.39 Å². The largest absolute Gasteiger partial charge is 1.00 e. The van der Waals surface area contributed by atoms with Gasteiger partial charge in [0.15, 0.2) is 6.54 Å². The van der Waals surface area contributed by atoms with Crippen LogP contribution in [-0.4, -0.2) is 5.10 Å². The Morgan fingerprint density at radius 1 is 1.11 bits per heavy atom. The van der Waals surface area contributed by atoms with Crippen LogP contribution in [0.15, 0.2) is 48.7 Å². The summed E-state index contributed by atoms with van der Waals surface area (Å²) in [4.78, 5) is 0. The number of nitrogens with two attached hydrogens (primary N) is 1. The second-order valence-corrected chi connectivity index (χ2v) is 4.30. The highest BCUT2D eigenvalue weighted by atomic mass is 35.5. The smallest absolute Gasteiger partial charge is 0.240 e. The van der Waals surface area contributed by atoms with Crippen LogP contribution in [0.2, 0.25) is 0 Å². The minimum atomic E-state index is -0.218. The number of anilines is 1. The summed E-state index contributed by atoms with van der Waals surface area (Å²) in [5, 5.41) is 4.27. The van der Waals surface area contributed by atoms with Crippen LogP contribution in [0.1, 0.15) is 5.56 Å². The fourth-order valence-electron chi connectivity index (χ4n) is 2.04. The van der Waals surface area contributed by atoms with Crippen LogP contribution < -0.4 is 22.8 Å². The molecule has 3 nitrogen and oxygen atoms in total. The third-order valence-electron chi connectivity index (χ3n) is 2.98. The van der Waals surface area contributed by atoms with Gasteiger partial charge >= 0.3 is 0 Å². The van der Waals surface area contributed by atoms with Gasteiger partial charge < -0.3 is 18.1 Å². The predicted molar refractivity (Wildman–Crippen MR) is 68.4 cm³/mol. The molecule has 0 radical (unpaired) electrons. The van der Waals surface area contributed by atoms with Crippen LogP contribution >= 0.6 is 0 Å². The second-order valence-electron chi connectivity index (χ2n) is 4.30. The average Bonchev–Trinajstić information content (AvgIpc) is 2.75. The maximum atomic E-state index is 12.8. The monoisotopic (exact) mass is 277 g/mol. The highest BCUT2D eigenvalue weighted by Crippen LogP contribution is 2.13. The molecule has 0 fully saturated rings. The number of nitrogens with one attached hydrogen (secondary N) is 1. The number of fused-ring (bicyclic) bond motifs is 1. The Kier molecular flexibility index (Phi) is 3.71. The number of hydrogen-bond acceptors (Lipinski definition) is 1. The summed E-state index contributed by atoms with van der Waals surface area (Å²) >= 11 is 0. The minimum Gasteiger partial charge on any atom is -1.00 e. The number of benzene rings is 2. The highest BCUT2D eigenvalue weighted by Gasteiger charge is 2.12. The van der Waals surface area contributed by atoms with Gasteiger partial charge in [-0.3, -0.25) is 0 Å². The van der Waals surface area contributed by atoms with E-state index in [-0.39, 0.29) is 18.2 Å². The van der Waals surface area contributed by atoms with Crippen LogP contribution in [-0.2, 0) is 6.54 Å². The molecule has 19 heavy (non-hydrogen) atoms. The molecule has 0 aliphatic rings. The standard InChI is InChI=1S/C14H12FN3.ClH/c15-12-4-1-10(2-5-12)9-18-14-7-13(16)6-3-11(14)8-17-18;/h1-8H,9H2,(H2,16,17);1H. The Morgan fingerprint density at radius 2 is 1.84 bits per heavy atom. The Balaban J connectivity index is 0.00000133. The van der Waals surface area contributed by atoms with Crippen molar-refractivity contribution in [2.24, 2.45) is 0 Å². The quantitative estimate of drug-likeness (QED) is 0.469. The van der Waals surface area contributed by atoms with Gasteiger partial charge in [0, 0.05) is 17.3 Å². The Hall–Kier alpha value is -2.07. The van der Waals surface area contributed by atoms with Gasteiger partial charge in [-0.15, -0.1) is 4.68 Å². The van der Waals surface area contributed by atoms with E-state index in [0.717, 1.165) is 22.2 Å². The van der Waals surface area contributed by atoms with E-state index < -0.39 is 0 Å². The molecule has 0 amide bonds. The van der Waals surface area contributed by atoms with Gasteiger partial charge in [-0.05, 0) is 36.4 Å². The topological polar surface area (TPSA) is 45.7 Å². The maximum Gasteiger partial charge on any atom is 0.240 e. The van der Waals surface area contributed by atoms with E-state index >= 15 is 0 Å². The first-order chi connectivity index (χ1) is 8.72. The molecule has 0 bridgehead atoms. The van der Waals surface area contributed by atoms with Crippen LogP contribution in [0.3, 0.4) is 0 Å². The number of aromatic nitrogens is 2. The number of hydrogen-bond donors (Lipinski definition) is 2. The molecule has 0 atom stereocenters. The van der Waals surface area contributed by atoms with Gasteiger partial charge in [0.1, 0.15) is 5.82 Å². The maximum absolute atomic E-state index is 12.8. The number of halogens is 2. The van der Waals surface area contributed by atoms with E-state index in [1.165, 1.54) is 12.1 Å². The molecule has 0 aliphatic carbocycles. The molecular weight excluding hydrogens is 265 g/mol. The summed E-state index contributed by atoms with van der Waals surface area (Å²) < 4.78 is 14.8. The molecule has 3 N–H and O–H groups in total. The van der Waals surface area contributed by atoms with E-state index in [2.05, 4.69) is 5.10 Å². The Bertz CT molecular complexity index is 691. The summed E-state index contributed by atoms with van der Waals surface area (Å²) in [6, 6.07) is 12.3. The Labute approximate surface area is 116 Å². The molecule has 3 aromatic rings. The van der Waals surface area contributed by atoms with Gasteiger partial charge in [0.2, 0.25) is 5.52 Å². The second kappa shape index (κ2) is 5.28. The average molecular weight is 278 g/mol. The molecule has 0 saturated heterocycles. The van der Waals surface area contributed by atoms with E-state index in [9.17, 15) is 4.39 Å². The Morgan fingerprint density at radius 3 is 2.58 bits per heavy atom. The van der Waals surface area contributed by atoms with E-state index in [1.807, 2.05) is 29.1 Å². The molecule has 3 rings (SSSR count). The summed E-state index contributed by atoms with van der Waals surface area (Å²) in [6.45, 7) is 0.660. The van der Waals surface area contributed by atoms with E-state index in [1.54, 1.807) is 12.1 Å². The zero-order valence-corrected chi connectivity index (χ0v) is 10.9. The lowest BCUT2D eigenvalue weighted by atomic mass is 10.2. The lowest BCUT2D eigenvalue weighted by Gasteiger charge is -1.96. The van der Waals surface area contributed by atoms with Crippen molar-refractivity contribution in [3.8, 4) is 0 Å². The molecule has 0 saturated carbocycles. The van der Waals surface area contributed by atoms with Crippen molar-refractivity contribution in [3.63, 3.8) is 0 Å². The van der Waals surface area contributed by atoms with Crippen molar-refractivity contribution in [2.45, 2.75) is 6.54 Å². The molecule has 1 heterocycles. The van der Waals surface area contributed by atoms with Crippen molar-refractivity contribution in [3.05, 3.63) is 60.0 Å². The molecule has 5 heteroatoms. The fraction of sp³-hybridized carbons (Fsp3) is 0.0714. The van der Waals surface area contributed by atoms with Crippen molar-refractivity contribution in [1.29, 1.82) is 0 Å². The zero-order chi connectivity index (χ0) is 12.5. The molecule has 0 spiro atoms. The van der Waals surface area contributed by atoms with Crippen molar-refractivity contribution in [2.75, 3.05) is 5.73 Å². The van der Waals surface area contributed by atoms with Gasteiger partial charge in [0.05, 0.1) is 11.6 Å². The fourth-order valence-corrected chi connectivity index (χ4v) is 2.04. The van der Waals surface area contributed by atoms with Gasteiger partial charge in [0.25, 0.3) is 0 Å². The first kappa shape index (κ1) is 13.4. The normalized spacial score (nSPS) is 10.4. The molecule has 2 aromatic carbocycles. The molecular formula is C14H13ClFN3. The van der Waals surface area contributed by atoms with Crippen LogP contribution in [0.5, 0.6) is 0 Å². The summed E-state index contributed by atoms with van der Waals surface area (Å²) in [7, 11) is 0. The van der Waals surface area contributed by atoms with Crippen LogP contribution in [0, 0.1) is 5.82 Å². The molecule has 0 unspecified atom stereocenters. The number of nitrogen functional groups attached to an aromatic ring is 1. The number of aromatic amines is 1. The lowest BCUT2D eigenvalue weighted by molar-refractivity contribution is -0.718. The van der Waals surface area contributed by atoms with Crippen molar-refractivity contribution in [1.82, 2.24) is 5.10 Å². The minimum absolute atomic E-state index is 0. The van der Waals surface area contributed by atoms with Crippen molar-refractivity contribution >= 4 is 16.6 Å². The molecule has 1 aromatic heterocycles. The van der Waals surface area contributed by atoms with E-state index in [0.29, 0.717) is 6.54 Å². The predicted octanol–water partition coefficient (Wildman–Crippen LogP) is -0.771. The van der Waals surface area contributed by atoms with Gasteiger partial charge in [-0.1, -0.05) is 0 Å². The first-order valence-corrected chi connectivity index (χ1v) is 5.73. The summed E-state index contributed by atoms with van der Waals surface area (Å²) in [6.07, 6.45) is 1.93. The summed E-state index contributed by atoms with van der Waals surface area (Å²) in [5.74, 6) is -0.218. The zero-order valence-electron chi connectivity index (χ0n) is 10.1. The van der Waals surface area contributed by atoms with E-state index in [4.69, 9.17) is 5.73 Å². The van der Waals surface area contributed by atoms with Gasteiger partial charge in [-0.2, -0.15) is 5.10 Å². The third kappa shape index (κ3) is 2.69. The molecule has 0 aliphatic heterocycles. The SMILES string of the molecule is Nc1ccc2c[nH][n+](Cc3ccc(F)cc3)c2c1.[Cl-]. The summed E-state index contributed by atoms with van der Waals surface area (Å²) in [5.41, 5.74) is 8.60. The third-order valence-corrected chi connectivity index (χ3v) is 2.98. The van der Waals surface area contributed by atoms with Crippen LogP contribution in [0.4, 0.5) is 10.1 Å². The number of nitrogens with zero attached hydrogens (tertiary/aromatic N) is 1. The van der Waals surface area contributed by atoms with Crippen molar-refractivity contribution < 1.29 is 21.5 Å². The number of H-pyrrole nitrogens is 1. The first-order valence-electron chi connectivity index (χ1n) is 5.73. The highest BCUT2D eigenvalue weighted by molar-refractivity contribution is 5.78. The number of rotatable bonds is 2.